The number of nitrogens with zero attached hydrogens (tertiary/aromatic N) is 2. The Labute approximate surface area is 386 Å². The number of fused-ring (bicyclic) bond motifs is 8. The Hall–Kier alpha value is -7.94. The van der Waals surface area contributed by atoms with E-state index in [2.05, 4.69) is 256 Å². The maximum absolute atomic E-state index is 2.59. The Kier molecular flexibility index (Phi) is 8.33. The standard InChI is InChI=1S/C64H48N2/c1-63(2)53-21-9-13-25-57(53)65(58-26-14-10-22-54(58)63)61-49-35-33-48(46-32-30-42-18-6-8-20-44(42)38-46)40-52(49)62(66-59-27-15-11-23-55(59)64(3,4)56-24-12-16-28-60(56)66)50-36-34-47(39-51(50)61)45-31-29-41-17-5-7-19-43(41)37-45/h5-40H,1-4H3. The van der Waals surface area contributed by atoms with Gasteiger partial charge in [0, 0.05) is 32.4 Å². The molecule has 2 nitrogen and oxygen atoms in total. The van der Waals surface area contributed by atoms with Crippen LogP contribution < -0.4 is 9.80 Å². The normalized spacial score (nSPS) is 14.5. The number of benzene rings is 11. The predicted octanol–water partition coefficient (Wildman–Crippen LogP) is 17.9. The lowest BCUT2D eigenvalue weighted by Crippen LogP contribution is -2.31. The van der Waals surface area contributed by atoms with Crippen molar-refractivity contribution in [3.63, 3.8) is 0 Å². The first kappa shape index (κ1) is 38.5. The van der Waals surface area contributed by atoms with E-state index in [1.165, 1.54) is 122 Å². The average Bonchev–Trinajstić information content (AvgIpc) is 3.36. The van der Waals surface area contributed by atoms with Crippen LogP contribution in [0, 0.1) is 0 Å². The summed E-state index contributed by atoms with van der Waals surface area (Å²) in [6.45, 7) is 9.51. The second-order valence-corrected chi connectivity index (χ2v) is 19.3. The lowest BCUT2D eigenvalue weighted by Gasteiger charge is -2.44. The smallest absolute Gasteiger partial charge is 0.0620 e. The van der Waals surface area contributed by atoms with E-state index >= 15 is 0 Å². The van der Waals surface area contributed by atoms with Crippen LogP contribution in [-0.2, 0) is 10.8 Å². The summed E-state index contributed by atoms with van der Waals surface area (Å²) in [5, 5.41) is 9.75. The second-order valence-electron chi connectivity index (χ2n) is 19.3. The summed E-state index contributed by atoms with van der Waals surface area (Å²) < 4.78 is 0. The molecule has 0 aliphatic carbocycles. The van der Waals surface area contributed by atoms with Crippen molar-refractivity contribution in [3.8, 4) is 22.3 Å². The van der Waals surface area contributed by atoms with Crippen molar-refractivity contribution in [2.45, 2.75) is 38.5 Å². The molecule has 0 saturated carbocycles. The molecule has 0 aromatic heterocycles. The fraction of sp³-hybridized carbons (Fsp3) is 0.0938. The molecule has 11 aromatic rings. The first-order chi connectivity index (χ1) is 32.3. The van der Waals surface area contributed by atoms with Gasteiger partial charge in [-0.1, -0.05) is 198 Å². The van der Waals surface area contributed by atoms with Gasteiger partial charge in [0.25, 0.3) is 0 Å². The van der Waals surface area contributed by atoms with E-state index in [0.717, 1.165) is 0 Å². The molecule has 2 heteroatoms. The summed E-state index contributed by atoms with van der Waals surface area (Å²) in [6, 6.07) is 81.9. The second kappa shape index (κ2) is 14.3. The van der Waals surface area contributed by atoms with Gasteiger partial charge in [-0.3, -0.25) is 0 Å². The fourth-order valence-corrected chi connectivity index (χ4v) is 11.6. The summed E-state index contributed by atoms with van der Waals surface area (Å²) in [7, 11) is 0. The third kappa shape index (κ3) is 5.61. The minimum absolute atomic E-state index is 0.206. The number of rotatable bonds is 4. The molecule has 0 amide bonds. The number of para-hydroxylation sites is 4. The van der Waals surface area contributed by atoms with Gasteiger partial charge < -0.3 is 9.80 Å². The predicted molar refractivity (Wildman–Crippen MR) is 281 cm³/mol. The Morgan fingerprint density at radius 2 is 0.545 bits per heavy atom. The largest absolute Gasteiger partial charge is 0.309 e. The summed E-state index contributed by atoms with van der Waals surface area (Å²) in [6.07, 6.45) is 0. The van der Waals surface area contributed by atoms with Crippen LogP contribution in [0.5, 0.6) is 0 Å². The number of hydrogen-bond acceptors (Lipinski definition) is 2. The van der Waals surface area contributed by atoms with Crippen molar-refractivity contribution in [2.75, 3.05) is 9.80 Å². The van der Waals surface area contributed by atoms with Crippen molar-refractivity contribution in [1.29, 1.82) is 0 Å². The van der Waals surface area contributed by atoms with E-state index in [0.29, 0.717) is 0 Å². The van der Waals surface area contributed by atoms with E-state index < -0.39 is 0 Å². The zero-order chi connectivity index (χ0) is 44.3. The lowest BCUT2D eigenvalue weighted by atomic mass is 9.73. The molecule has 13 rings (SSSR count). The van der Waals surface area contributed by atoms with Gasteiger partial charge >= 0.3 is 0 Å². The van der Waals surface area contributed by atoms with Gasteiger partial charge in [-0.25, -0.2) is 0 Å². The van der Waals surface area contributed by atoms with Gasteiger partial charge in [-0.05, 0) is 115 Å². The highest BCUT2D eigenvalue weighted by Crippen LogP contribution is 2.59. The monoisotopic (exact) mass is 844 g/mol. The van der Waals surface area contributed by atoms with E-state index in [1.54, 1.807) is 0 Å². The van der Waals surface area contributed by atoms with E-state index in [9.17, 15) is 0 Å². The Bertz CT molecular complexity index is 3450. The first-order valence-corrected chi connectivity index (χ1v) is 23.3. The summed E-state index contributed by atoms with van der Waals surface area (Å²) in [5.41, 5.74) is 16.8. The van der Waals surface area contributed by atoms with Gasteiger partial charge in [-0.2, -0.15) is 0 Å². The molecule has 0 saturated heterocycles. The average molecular weight is 845 g/mol. The summed E-state index contributed by atoms with van der Waals surface area (Å²) in [5.74, 6) is 0. The minimum Gasteiger partial charge on any atom is -0.309 e. The third-order valence-electron chi connectivity index (χ3n) is 14.9. The summed E-state index contributed by atoms with van der Waals surface area (Å²) >= 11 is 0. The van der Waals surface area contributed by atoms with Crippen molar-refractivity contribution in [2.24, 2.45) is 0 Å². The SMILES string of the molecule is CC1(C)c2ccccc2N(c2c3ccc(-c4ccc5ccccc5c4)cc3c(N3c4ccccc4C(C)(C)c4ccccc43)c3ccc(-c4ccc5ccccc5c4)cc23)c2ccccc21. The zero-order valence-corrected chi connectivity index (χ0v) is 37.7. The van der Waals surface area contributed by atoms with Crippen LogP contribution in [0.3, 0.4) is 0 Å². The van der Waals surface area contributed by atoms with Crippen LogP contribution in [0.25, 0.3) is 65.3 Å². The van der Waals surface area contributed by atoms with Gasteiger partial charge in [-0.15, -0.1) is 0 Å². The van der Waals surface area contributed by atoms with Crippen molar-refractivity contribution in [3.05, 3.63) is 241 Å². The molecule has 0 radical (unpaired) electrons. The van der Waals surface area contributed by atoms with E-state index in [-0.39, 0.29) is 10.8 Å². The van der Waals surface area contributed by atoms with Gasteiger partial charge in [0.05, 0.1) is 34.1 Å². The quantitative estimate of drug-likeness (QED) is 0.163. The molecule has 0 unspecified atom stereocenters. The Balaban J connectivity index is 1.20. The first-order valence-electron chi connectivity index (χ1n) is 23.3. The highest BCUT2D eigenvalue weighted by molar-refractivity contribution is 6.25. The zero-order valence-electron chi connectivity index (χ0n) is 37.7. The summed E-state index contributed by atoms with van der Waals surface area (Å²) in [4.78, 5) is 5.18. The molecule has 2 aliphatic rings. The van der Waals surface area contributed by atoms with Crippen LogP contribution in [-0.4, -0.2) is 0 Å². The molecule has 2 aliphatic heterocycles. The van der Waals surface area contributed by atoms with Crippen LogP contribution in [0.4, 0.5) is 34.1 Å². The molecule has 66 heavy (non-hydrogen) atoms. The molecule has 0 bridgehead atoms. The van der Waals surface area contributed by atoms with Crippen LogP contribution >= 0.6 is 0 Å². The molecule has 0 spiro atoms. The fourth-order valence-electron chi connectivity index (χ4n) is 11.6. The molecule has 0 N–H and O–H groups in total. The van der Waals surface area contributed by atoms with Crippen molar-refractivity contribution < 1.29 is 0 Å². The Morgan fingerprint density at radius 3 is 0.909 bits per heavy atom. The lowest BCUT2D eigenvalue weighted by molar-refractivity contribution is 0.632. The molecule has 314 valence electrons. The topological polar surface area (TPSA) is 6.48 Å². The van der Waals surface area contributed by atoms with Crippen molar-refractivity contribution in [1.82, 2.24) is 0 Å². The van der Waals surface area contributed by atoms with Crippen LogP contribution in [0.15, 0.2) is 218 Å². The van der Waals surface area contributed by atoms with Crippen molar-refractivity contribution >= 4 is 77.2 Å². The van der Waals surface area contributed by atoms with Gasteiger partial charge in [0.2, 0.25) is 0 Å². The number of anilines is 6. The molecular formula is C64H48N2. The molecule has 11 aromatic carbocycles. The van der Waals surface area contributed by atoms with Gasteiger partial charge in [0.1, 0.15) is 0 Å². The molecular weight excluding hydrogens is 797 g/mol. The van der Waals surface area contributed by atoms with E-state index in [1.807, 2.05) is 0 Å². The molecule has 0 atom stereocenters. The third-order valence-corrected chi connectivity index (χ3v) is 14.9. The van der Waals surface area contributed by atoms with Crippen LogP contribution in [0.1, 0.15) is 49.9 Å². The maximum Gasteiger partial charge on any atom is 0.0620 e. The molecule has 0 fully saturated rings. The van der Waals surface area contributed by atoms with E-state index in [4.69, 9.17) is 0 Å². The highest BCUT2D eigenvalue weighted by Gasteiger charge is 2.40. The Morgan fingerprint density at radius 1 is 0.258 bits per heavy atom. The van der Waals surface area contributed by atoms with Gasteiger partial charge in [0.15, 0.2) is 0 Å². The molecule has 2 heterocycles. The number of hydrogen-bond donors (Lipinski definition) is 0. The minimum atomic E-state index is -0.206. The van der Waals surface area contributed by atoms with Crippen LogP contribution in [0.2, 0.25) is 0 Å². The highest BCUT2D eigenvalue weighted by atomic mass is 15.2. The maximum atomic E-state index is 2.59.